The number of carbonyl (C=O) groups excluding carboxylic acids is 1. The van der Waals surface area contributed by atoms with Crippen LogP contribution in [0.4, 0.5) is 32.3 Å². The normalized spacial score (nSPS) is 15.5. The highest BCUT2D eigenvalue weighted by Gasteiger charge is 2.29. The van der Waals surface area contributed by atoms with E-state index in [-0.39, 0.29) is 11.8 Å². The Morgan fingerprint density at radius 2 is 1.63 bits per heavy atom. The van der Waals surface area contributed by atoms with E-state index in [9.17, 15) is 9.18 Å². The summed E-state index contributed by atoms with van der Waals surface area (Å²) in [5.41, 5.74) is 4.65. The number of fused-ring (bicyclic) bond motifs is 1. The van der Waals surface area contributed by atoms with Crippen molar-refractivity contribution < 1.29 is 9.18 Å². The number of hydrogen-bond acceptors (Lipinski definition) is 6. The van der Waals surface area contributed by atoms with Crippen molar-refractivity contribution in [1.82, 2.24) is 14.9 Å². The van der Waals surface area contributed by atoms with Gasteiger partial charge in [-0.2, -0.15) is 4.98 Å². The summed E-state index contributed by atoms with van der Waals surface area (Å²) < 4.78 is 14.3. The van der Waals surface area contributed by atoms with Gasteiger partial charge in [-0.15, -0.1) is 0 Å². The summed E-state index contributed by atoms with van der Waals surface area (Å²) >= 11 is 0. The molecule has 0 saturated carbocycles. The molecule has 2 aliphatic heterocycles. The van der Waals surface area contributed by atoms with Crippen LogP contribution in [0.3, 0.4) is 0 Å². The van der Waals surface area contributed by atoms with Crippen molar-refractivity contribution in [2.24, 2.45) is 0 Å². The molecule has 1 N–H and O–H groups in total. The van der Waals surface area contributed by atoms with Crippen LogP contribution in [0.25, 0.3) is 0 Å². The molecule has 0 bridgehead atoms. The zero-order valence-electron chi connectivity index (χ0n) is 22.6. The monoisotopic (exact) mass is 517 g/mol. The summed E-state index contributed by atoms with van der Waals surface area (Å²) in [5, 5.41) is 3.03. The molecular weight excluding hydrogens is 481 g/mol. The second-order valence-electron chi connectivity index (χ2n) is 10.5. The second kappa shape index (κ2) is 10.8. The number of rotatable bonds is 5. The molecule has 0 aliphatic carbocycles. The molecule has 5 rings (SSSR count). The van der Waals surface area contributed by atoms with Gasteiger partial charge in [0.15, 0.2) is 0 Å². The van der Waals surface area contributed by atoms with E-state index >= 15 is 0 Å². The third-order valence-corrected chi connectivity index (χ3v) is 7.32. The molecule has 3 aromatic rings. The summed E-state index contributed by atoms with van der Waals surface area (Å²) in [6.45, 7) is 8.18. The van der Waals surface area contributed by atoms with E-state index in [2.05, 4.69) is 41.1 Å². The van der Waals surface area contributed by atoms with E-state index < -0.39 is 0 Å². The largest absolute Gasteiger partial charge is 0.366 e. The molecule has 0 atom stereocenters. The van der Waals surface area contributed by atoms with Crippen molar-refractivity contribution in [2.75, 3.05) is 66.8 Å². The zero-order valence-corrected chi connectivity index (χ0v) is 22.6. The Balaban J connectivity index is 1.28. The summed E-state index contributed by atoms with van der Waals surface area (Å²) in [6, 6.07) is 14.8. The highest BCUT2D eigenvalue weighted by molar-refractivity contribution is 5.89. The molecule has 2 aromatic carbocycles. The van der Waals surface area contributed by atoms with Crippen LogP contribution in [-0.4, -0.2) is 67.7 Å². The van der Waals surface area contributed by atoms with Gasteiger partial charge in [-0.1, -0.05) is 38.1 Å². The third-order valence-electron chi connectivity index (χ3n) is 7.32. The molecule has 1 fully saturated rings. The Labute approximate surface area is 224 Å². The summed E-state index contributed by atoms with van der Waals surface area (Å²) in [6.07, 6.45) is 0.667. The number of nitrogens with one attached hydrogen (secondary N) is 1. The minimum Gasteiger partial charge on any atom is -0.366 e. The Morgan fingerprint density at radius 1 is 0.947 bits per heavy atom. The first-order valence-electron chi connectivity index (χ1n) is 13.3. The molecule has 2 aliphatic rings. The summed E-state index contributed by atoms with van der Waals surface area (Å²) in [7, 11) is 3.94. The van der Waals surface area contributed by atoms with Gasteiger partial charge in [0.05, 0.1) is 17.9 Å². The van der Waals surface area contributed by atoms with E-state index in [1.807, 2.05) is 48.2 Å². The number of anilines is 4. The van der Waals surface area contributed by atoms with Gasteiger partial charge in [-0.25, -0.2) is 14.2 Å². The van der Waals surface area contributed by atoms with Gasteiger partial charge in [0, 0.05) is 64.5 Å². The van der Waals surface area contributed by atoms with Crippen LogP contribution in [-0.2, 0) is 13.0 Å². The minimum atomic E-state index is -0.193. The van der Waals surface area contributed by atoms with Crippen LogP contribution in [0.1, 0.15) is 36.6 Å². The quantitative estimate of drug-likeness (QED) is 0.528. The summed E-state index contributed by atoms with van der Waals surface area (Å²) in [5.74, 6) is 1.79. The average molecular weight is 518 g/mol. The van der Waals surface area contributed by atoms with Crippen LogP contribution >= 0.6 is 0 Å². The molecule has 8 nitrogen and oxygen atoms in total. The number of amides is 2. The Hall–Kier alpha value is -3.88. The molecular formula is C29H36FN7O. The average Bonchev–Trinajstić information content (AvgIpc) is 2.92. The van der Waals surface area contributed by atoms with E-state index in [0.717, 1.165) is 22.8 Å². The molecule has 1 saturated heterocycles. The molecule has 0 spiro atoms. The highest BCUT2D eigenvalue weighted by Crippen LogP contribution is 2.29. The third kappa shape index (κ3) is 5.37. The second-order valence-corrected chi connectivity index (χ2v) is 10.5. The van der Waals surface area contributed by atoms with Crippen LogP contribution in [0.5, 0.6) is 0 Å². The first-order valence-corrected chi connectivity index (χ1v) is 13.3. The van der Waals surface area contributed by atoms with E-state index in [4.69, 9.17) is 9.97 Å². The standard InChI is InChI=1S/C29H36FN7O/c1-20(2)21-9-11-22(12-10-21)31-29(38)37-14-13-25-23(19-37)27(34(3)4)33-28(32-25)36-17-15-35(16-18-36)26-8-6-5-7-24(26)30/h5-12,20H,13-19H2,1-4H3,(H,31,38). The first kappa shape index (κ1) is 25.8. The van der Waals surface area contributed by atoms with Crippen molar-refractivity contribution in [3.63, 3.8) is 0 Å². The number of halogens is 1. The van der Waals surface area contributed by atoms with Crippen molar-refractivity contribution >= 4 is 29.2 Å². The van der Waals surface area contributed by atoms with E-state index in [0.29, 0.717) is 63.2 Å². The number of hydrogen-bond donors (Lipinski definition) is 1. The number of carbonyl (C=O) groups is 1. The molecule has 9 heteroatoms. The lowest BCUT2D eigenvalue weighted by molar-refractivity contribution is 0.206. The van der Waals surface area contributed by atoms with Crippen molar-refractivity contribution in [3.05, 3.63) is 71.2 Å². The first-order chi connectivity index (χ1) is 18.3. The fourth-order valence-electron chi connectivity index (χ4n) is 5.08. The van der Waals surface area contributed by atoms with Crippen molar-refractivity contribution in [3.8, 4) is 0 Å². The van der Waals surface area contributed by atoms with Gasteiger partial charge in [0.25, 0.3) is 0 Å². The maximum absolute atomic E-state index is 14.3. The maximum atomic E-state index is 14.3. The van der Waals surface area contributed by atoms with Gasteiger partial charge in [0.1, 0.15) is 11.6 Å². The number of nitrogens with zero attached hydrogens (tertiary/aromatic N) is 6. The molecule has 0 unspecified atom stereocenters. The van der Waals surface area contributed by atoms with Crippen molar-refractivity contribution in [1.29, 1.82) is 0 Å². The molecule has 200 valence electrons. The lowest BCUT2D eigenvalue weighted by Gasteiger charge is -2.37. The van der Waals surface area contributed by atoms with Gasteiger partial charge in [-0.3, -0.25) is 0 Å². The molecule has 0 radical (unpaired) electrons. The summed E-state index contributed by atoms with van der Waals surface area (Å²) in [4.78, 5) is 31.0. The Morgan fingerprint density at radius 3 is 2.29 bits per heavy atom. The number of piperazine rings is 1. The molecule has 3 heterocycles. The number of benzene rings is 2. The van der Waals surface area contributed by atoms with E-state index in [1.54, 1.807) is 6.07 Å². The predicted octanol–water partition coefficient (Wildman–Crippen LogP) is 4.72. The molecule has 1 aromatic heterocycles. The number of urea groups is 1. The molecule has 2 amide bonds. The van der Waals surface area contributed by atoms with Crippen LogP contribution in [0.15, 0.2) is 48.5 Å². The smallest absolute Gasteiger partial charge is 0.322 e. The zero-order chi connectivity index (χ0) is 26.8. The lowest BCUT2D eigenvalue weighted by Crippen LogP contribution is -2.48. The number of aromatic nitrogens is 2. The van der Waals surface area contributed by atoms with Gasteiger partial charge < -0.3 is 24.9 Å². The fraction of sp³-hybridized carbons (Fsp3) is 0.414. The van der Waals surface area contributed by atoms with Crippen LogP contribution < -0.4 is 20.0 Å². The van der Waals surface area contributed by atoms with Crippen molar-refractivity contribution in [2.45, 2.75) is 32.7 Å². The Kier molecular flexibility index (Phi) is 7.35. The topological polar surface area (TPSA) is 67.8 Å². The minimum absolute atomic E-state index is 0.119. The van der Waals surface area contributed by atoms with Gasteiger partial charge in [-0.05, 0) is 35.7 Å². The molecule has 38 heavy (non-hydrogen) atoms. The maximum Gasteiger partial charge on any atom is 0.322 e. The lowest BCUT2D eigenvalue weighted by atomic mass is 10.0. The number of para-hydroxylation sites is 1. The Bertz CT molecular complexity index is 1290. The van der Waals surface area contributed by atoms with Crippen LogP contribution in [0, 0.1) is 5.82 Å². The van der Waals surface area contributed by atoms with E-state index in [1.165, 1.54) is 11.6 Å². The van der Waals surface area contributed by atoms with Gasteiger partial charge in [0.2, 0.25) is 5.95 Å². The predicted molar refractivity (Wildman–Crippen MR) is 151 cm³/mol. The van der Waals surface area contributed by atoms with Gasteiger partial charge >= 0.3 is 6.03 Å². The van der Waals surface area contributed by atoms with Crippen LogP contribution in [0.2, 0.25) is 0 Å². The highest BCUT2D eigenvalue weighted by atomic mass is 19.1. The SMILES string of the molecule is CC(C)c1ccc(NC(=O)N2CCc3nc(N4CCN(c5ccccc5F)CC4)nc(N(C)C)c3C2)cc1. The fourth-order valence-corrected chi connectivity index (χ4v) is 5.08.